The molecule has 0 saturated carbocycles. The highest BCUT2D eigenvalue weighted by Gasteiger charge is 2.12. The summed E-state index contributed by atoms with van der Waals surface area (Å²) in [6.45, 7) is 2.15. The number of benzene rings is 2. The van der Waals surface area contributed by atoms with Crippen LogP contribution in [0.5, 0.6) is 0 Å². The van der Waals surface area contributed by atoms with Crippen molar-refractivity contribution in [1.82, 2.24) is 4.98 Å². The van der Waals surface area contributed by atoms with Gasteiger partial charge in [-0.05, 0) is 53.8 Å². The number of nitrogens with one attached hydrogen (secondary N) is 1. The highest BCUT2D eigenvalue weighted by Crippen LogP contribution is 2.29. The van der Waals surface area contributed by atoms with E-state index in [0.717, 1.165) is 16.2 Å². The van der Waals surface area contributed by atoms with Crippen molar-refractivity contribution < 1.29 is 0 Å². The maximum Gasteiger partial charge on any atom is 0.116 e. The van der Waals surface area contributed by atoms with E-state index >= 15 is 0 Å². The van der Waals surface area contributed by atoms with E-state index in [4.69, 9.17) is 4.98 Å². The van der Waals surface area contributed by atoms with Crippen molar-refractivity contribution in [1.29, 1.82) is 0 Å². The number of aromatic nitrogens is 1. The highest BCUT2D eigenvalue weighted by molar-refractivity contribution is 14.1. The zero-order valence-electron chi connectivity index (χ0n) is 10.4. The molecule has 1 heterocycles. The molecule has 0 aliphatic rings. The van der Waals surface area contributed by atoms with Crippen LogP contribution in [-0.2, 0) is 0 Å². The molecule has 2 aromatic carbocycles. The fourth-order valence-electron chi connectivity index (χ4n) is 1.95. The van der Waals surface area contributed by atoms with E-state index in [1.165, 1.54) is 8.27 Å². The molecule has 19 heavy (non-hydrogen) atoms. The molecule has 0 aliphatic carbocycles. The summed E-state index contributed by atoms with van der Waals surface area (Å²) in [7, 11) is 0. The maximum absolute atomic E-state index is 4.69. The van der Waals surface area contributed by atoms with Crippen LogP contribution in [0.25, 0.3) is 10.2 Å². The topological polar surface area (TPSA) is 24.9 Å². The number of thiazole rings is 1. The first-order valence-corrected chi connectivity index (χ1v) is 8.00. The molecule has 1 atom stereocenters. The molecule has 1 N–H and O–H groups in total. The molecule has 0 spiro atoms. The van der Waals surface area contributed by atoms with Gasteiger partial charge in [0.15, 0.2) is 0 Å². The van der Waals surface area contributed by atoms with E-state index in [1.54, 1.807) is 11.3 Å². The summed E-state index contributed by atoms with van der Waals surface area (Å²) in [5, 5.41) is 4.65. The third-order valence-corrected chi connectivity index (χ3v) is 5.09. The van der Waals surface area contributed by atoms with Crippen LogP contribution < -0.4 is 5.32 Å². The molecule has 1 aromatic heterocycles. The van der Waals surface area contributed by atoms with Crippen LogP contribution in [0.2, 0.25) is 0 Å². The predicted octanol–water partition coefficient (Wildman–Crippen LogP) is 5.07. The molecular formula is C15H13IN2S. The smallest absolute Gasteiger partial charge is 0.116 e. The van der Waals surface area contributed by atoms with Gasteiger partial charge in [0.1, 0.15) is 5.01 Å². The molecule has 0 amide bonds. The number of hydrogen-bond donors (Lipinski definition) is 1. The third kappa shape index (κ3) is 2.74. The average Bonchev–Trinajstić information content (AvgIpc) is 2.85. The van der Waals surface area contributed by atoms with Gasteiger partial charge in [-0.2, -0.15) is 0 Å². The molecule has 0 radical (unpaired) electrons. The molecule has 1 unspecified atom stereocenters. The summed E-state index contributed by atoms with van der Waals surface area (Å²) < 4.78 is 2.47. The Labute approximate surface area is 130 Å². The van der Waals surface area contributed by atoms with E-state index in [2.05, 4.69) is 77.3 Å². The number of nitrogens with zero attached hydrogens (tertiary/aromatic N) is 1. The van der Waals surface area contributed by atoms with Crippen LogP contribution >= 0.6 is 33.9 Å². The van der Waals surface area contributed by atoms with Gasteiger partial charge in [0.2, 0.25) is 0 Å². The SMILES string of the molecule is CC(Nc1ccccc1I)c1nc2ccccc2s1. The number of hydrogen-bond acceptors (Lipinski definition) is 3. The van der Waals surface area contributed by atoms with Gasteiger partial charge in [0.05, 0.1) is 16.3 Å². The van der Waals surface area contributed by atoms with E-state index in [0.29, 0.717) is 0 Å². The standard InChI is InChI=1S/C15H13IN2S/c1-10(17-12-7-3-2-6-11(12)16)15-18-13-8-4-5-9-14(13)19-15/h2-10,17H,1H3. The Hall–Kier alpha value is -1.14. The second-order valence-corrected chi connectivity index (χ2v) is 6.59. The number of fused-ring (bicyclic) bond motifs is 1. The van der Waals surface area contributed by atoms with Crippen molar-refractivity contribution in [2.24, 2.45) is 0 Å². The summed E-state index contributed by atoms with van der Waals surface area (Å²) in [5.74, 6) is 0. The Morgan fingerprint density at radius 1 is 1.11 bits per heavy atom. The van der Waals surface area contributed by atoms with Crippen molar-refractivity contribution >= 4 is 49.8 Å². The van der Waals surface area contributed by atoms with Crippen LogP contribution in [0.1, 0.15) is 18.0 Å². The molecule has 2 nitrogen and oxygen atoms in total. The Morgan fingerprint density at radius 3 is 2.63 bits per heavy atom. The molecular weight excluding hydrogens is 367 g/mol. The van der Waals surface area contributed by atoms with Crippen LogP contribution in [0, 0.1) is 3.57 Å². The summed E-state index contributed by atoms with van der Waals surface area (Å²) in [4.78, 5) is 4.69. The third-order valence-electron chi connectivity index (χ3n) is 2.93. The van der Waals surface area contributed by atoms with Gasteiger partial charge in [0.25, 0.3) is 0 Å². The minimum atomic E-state index is 0.216. The predicted molar refractivity (Wildman–Crippen MR) is 90.8 cm³/mol. The van der Waals surface area contributed by atoms with Gasteiger partial charge in [0, 0.05) is 9.26 Å². The van der Waals surface area contributed by atoms with Crippen molar-refractivity contribution in [3.63, 3.8) is 0 Å². The summed E-state index contributed by atoms with van der Waals surface area (Å²) >= 11 is 4.10. The lowest BCUT2D eigenvalue weighted by molar-refractivity contribution is 0.873. The molecule has 0 bridgehead atoms. The number of rotatable bonds is 3. The van der Waals surface area contributed by atoms with Crippen molar-refractivity contribution in [2.45, 2.75) is 13.0 Å². The molecule has 0 saturated heterocycles. The fourth-order valence-corrected chi connectivity index (χ4v) is 3.46. The molecule has 0 fully saturated rings. The van der Waals surface area contributed by atoms with Crippen LogP contribution in [0.3, 0.4) is 0 Å². The van der Waals surface area contributed by atoms with Crippen LogP contribution in [-0.4, -0.2) is 4.98 Å². The number of para-hydroxylation sites is 2. The largest absolute Gasteiger partial charge is 0.375 e. The normalized spacial score (nSPS) is 12.5. The van der Waals surface area contributed by atoms with Gasteiger partial charge in [-0.15, -0.1) is 11.3 Å². The van der Waals surface area contributed by atoms with Crippen LogP contribution in [0.4, 0.5) is 5.69 Å². The zero-order chi connectivity index (χ0) is 13.2. The molecule has 96 valence electrons. The van der Waals surface area contributed by atoms with Gasteiger partial charge in [-0.25, -0.2) is 4.98 Å². The fraction of sp³-hybridized carbons (Fsp3) is 0.133. The van der Waals surface area contributed by atoms with Gasteiger partial charge in [-0.3, -0.25) is 0 Å². The first-order valence-electron chi connectivity index (χ1n) is 6.10. The lowest BCUT2D eigenvalue weighted by Gasteiger charge is -2.13. The van der Waals surface area contributed by atoms with Crippen molar-refractivity contribution in [2.75, 3.05) is 5.32 Å². The molecule has 3 aromatic rings. The minimum Gasteiger partial charge on any atom is -0.375 e. The second-order valence-electron chi connectivity index (χ2n) is 4.37. The minimum absolute atomic E-state index is 0.216. The molecule has 3 rings (SSSR count). The Morgan fingerprint density at radius 2 is 1.84 bits per heavy atom. The number of halogens is 1. The first kappa shape index (κ1) is 12.9. The molecule has 4 heteroatoms. The lowest BCUT2D eigenvalue weighted by atomic mass is 10.3. The zero-order valence-corrected chi connectivity index (χ0v) is 13.4. The quantitative estimate of drug-likeness (QED) is 0.642. The number of anilines is 1. The van der Waals surface area contributed by atoms with E-state index in [1.807, 2.05) is 6.07 Å². The Kier molecular flexibility index (Phi) is 3.70. The summed E-state index contributed by atoms with van der Waals surface area (Å²) in [5.41, 5.74) is 2.24. The van der Waals surface area contributed by atoms with Crippen molar-refractivity contribution in [3.8, 4) is 0 Å². The summed E-state index contributed by atoms with van der Waals surface area (Å²) in [6, 6.07) is 16.8. The van der Waals surface area contributed by atoms with Crippen molar-refractivity contribution in [3.05, 3.63) is 57.1 Å². The Balaban J connectivity index is 1.87. The monoisotopic (exact) mass is 380 g/mol. The lowest BCUT2D eigenvalue weighted by Crippen LogP contribution is -2.07. The van der Waals surface area contributed by atoms with E-state index in [9.17, 15) is 0 Å². The summed E-state index contributed by atoms with van der Waals surface area (Å²) in [6.07, 6.45) is 0. The highest BCUT2D eigenvalue weighted by atomic mass is 127. The van der Waals surface area contributed by atoms with Gasteiger partial charge >= 0.3 is 0 Å². The van der Waals surface area contributed by atoms with Gasteiger partial charge < -0.3 is 5.32 Å². The second kappa shape index (κ2) is 5.46. The van der Waals surface area contributed by atoms with Gasteiger partial charge in [-0.1, -0.05) is 24.3 Å². The average molecular weight is 380 g/mol. The Bertz CT molecular complexity index is 675. The van der Waals surface area contributed by atoms with Crippen LogP contribution in [0.15, 0.2) is 48.5 Å². The molecule has 0 aliphatic heterocycles. The van der Waals surface area contributed by atoms with E-state index < -0.39 is 0 Å². The first-order chi connectivity index (χ1) is 9.24. The van der Waals surface area contributed by atoms with E-state index in [-0.39, 0.29) is 6.04 Å². The maximum atomic E-state index is 4.69.